The summed E-state index contributed by atoms with van der Waals surface area (Å²) in [5.41, 5.74) is 3.84. The van der Waals surface area contributed by atoms with Crippen molar-refractivity contribution in [2.45, 2.75) is 0 Å². The third kappa shape index (κ3) is 5.56. The van der Waals surface area contributed by atoms with Crippen LogP contribution in [0.25, 0.3) is 21.5 Å². The van der Waals surface area contributed by atoms with Crippen LogP contribution >= 0.6 is 11.6 Å². The van der Waals surface area contributed by atoms with Gasteiger partial charge in [0.25, 0.3) is 5.70 Å². The van der Waals surface area contributed by atoms with E-state index in [1.807, 2.05) is 60.3 Å². The maximum atomic E-state index is 9.99. The molecule has 3 aromatic carbocycles. The van der Waals surface area contributed by atoms with Crippen molar-refractivity contribution in [1.82, 2.24) is 4.90 Å². The molecular formula is C30H22ClN5O. The number of benzene rings is 3. The average Bonchev–Trinajstić information content (AvgIpc) is 3.25. The van der Waals surface area contributed by atoms with Crippen molar-refractivity contribution < 1.29 is 4.74 Å². The van der Waals surface area contributed by atoms with Crippen LogP contribution < -0.4 is 9.64 Å². The van der Waals surface area contributed by atoms with Crippen LogP contribution in [0.15, 0.2) is 102 Å². The summed E-state index contributed by atoms with van der Waals surface area (Å²) in [5.74, 6) is 1.23. The first-order valence-corrected chi connectivity index (χ1v) is 11.7. The molecule has 0 aliphatic carbocycles. The molecule has 0 amide bonds. The second-order valence-corrected chi connectivity index (χ2v) is 8.89. The van der Waals surface area contributed by atoms with Gasteiger partial charge in [0.05, 0.1) is 36.6 Å². The number of anilines is 1. The number of rotatable bonds is 6. The van der Waals surface area contributed by atoms with Crippen molar-refractivity contribution in [3.05, 3.63) is 124 Å². The normalized spacial score (nSPS) is 14.4. The smallest absolute Gasteiger partial charge is 0.270 e. The molecule has 1 aliphatic heterocycles. The Balaban J connectivity index is 1.78. The summed E-state index contributed by atoms with van der Waals surface area (Å²) in [6, 6.07) is 26.9. The van der Waals surface area contributed by atoms with Gasteiger partial charge in [-0.15, -0.1) is 0 Å². The highest BCUT2D eigenvalue weighted by atomic mass is 35.5. The summed E-state index contributed by atoms with van der Waals surface area (Å²) in [7, 11) is 3.92. The molecule has 1 heterocycles. The Kier molecular flexibility index (Phi) is 7.72. The number of halogens is 1. The molecule has 0 radical (unpaired) electrons. The molecule has 0 fully saturated rings. The number of fused-ring (bicyclic) bond motifs is 1. The average molecular weight is 504 g/mol. The lowest BCUT2D eigenvalue weighted by atomic mass is 9.96. The van der Waals surface area contributed by atoms with Gasteiger partial charge in [-0.05, 0) is 61.1 Å². The zero-order valence-electron chi connectivity index (χ0n) is 20.3. The second kappa shape index (κ2) is 11.3. The van der Waals surface area contributed by atoms with Crippen molar-refractivity contribution in [3.63, 3.8) is 0 Å². The van der Waals surface area contributed by atoms with Gasteiger partial charge in [0, 0.05) is 16.7 Å². The minimum atomic E-state index is -0.179. The lowest BCUT2D eigenvalue weighted by molar-refractivity contribution is 0.377. The van der Waals surface area contributed by atoms with E-state index in [1.54, 1.807) is 36.4 Å². The van der Waals surface area contributed by atoms with E-state index in [1.165, 1.54) is 0 Å². The van der Waals surface area contributed by atoms with E-state index in [2.05, 4.69) is 29.1 Å². The zero-order chi connectivity index (χ0) is 26.4. The molecule has 0 aromatic heterocycles. The maximum absolute atomic E-state index is 9.99. The van der Waals surface area contributed by atoms with E-state index in [9.17, 15) is 10.5 Å². The Bertz CT molecular complexity index is 1520. The Hall–Kier alpha value is -4.80. The number of hydrogen-bond donors (Lipinski definition) is 0. The van der Waals surface area contributed by atoms with Crippen LogP contribution in [0.5, 0.6) is 5.75 Å². The van der Waals surface area contributed by atoms with E-state index >= 15 is 0 Å². The third-order valence-electron chi connectivity index (χ3n) is 5.63. The van der Waals surface area contributed by atoms with Crippen molar-refractivity contribution >= 4 is 22.9 Å². The summed E-state index contributed by atoms with van der Waals surface area (Å²) in [6.07, 6.45) is 3.27. The van der Waals surface area contributed by atoms with Gasteiger partial charge < -0.3 is 4.74 Å². The summed E-state index contributed by atoms with van der Waals surface area (Å²) < 4.78 is 6.17. The Morgan fingerprint density at radius 1 is 1.03 bits per heavy atom. The summed E-state index contributed by atoms with van der Waals surface area (Å²) >= 11 is 6.02. The minimum absolute atomic E-state index is 0.164. The molecule has 4 rings (SSSR count). The van der Waals surface area contributed by atoms with Crippen LogP contribution in [-0.4, -0.2) is 25.7 Å². The fourth-order valence-electron chi connectivity index (χ4n) is 3.97. The van der Waals surface area contributed by atoms with Crippen LogP contribution in [0.1, 0.15) is 5.56 Å². The largest absolute Gasteiger partial charge is 0.439 e. The van der Waals surface area contributed by atoms with Gasteiger partial charge in [-0.25, -0.2) is 10.1 Å². The molecule has 37 heavy (non-hydrogen) atoms. The monoisotopic (exact) mass is 503 g/mol. The van der Waals surface area contributed by atoms with E-state index in [0.717, 1.165) is 16.8 Å². The predicted octanol–water partition coefficient (Wildman–Crippen LogP) is 6.87. The van der Waals surface area contributed by atoms with Gasteiger partial charge in [-0.1, -0.05) is 60.1 Å². The highest BCUT2D eigenvalue weighted by molar-refractivity contribution is 6.30. The predicted molar refractivity (Wildman–Crippen MR) is 146 cm³/mol. The molecule has 0 N–H and O–H groups in total. The molecule has 0 atom stereocenters. The summed E-state index contributed by atoms with van der Waals surface area (Å²) in [4.78, 5) is 7.38. The molecule has 180 valence electrons. The number of nitriles is 2. The lowest BCUT2D eigenvalue weighted by Gasteiger charge is -2.22. The minimum Gasteiger partial charge on any atom is -0.439 e. The van der Waals surface area contributed by atoms with Crippen molar-refractivity contribution in [2.75, 3.05) is 25.7 Å². The van der Waals surface area contributed by atoms with Crippen LogP contribution in [0.4, 0.5) is 5.69 Å². The van der Waals surface area contributed by atoms with Crippen LogP contribution in [0.2, 0.25) is 5.02 Å². The zero-order valence-corrected chi connectivity index (χ0v) is 21.1. The van der Waals surface area contributed by atoms with Gasteiger partial charge >= 0.3 is 0 Å². The summed E-state index contributed by atoms with van der Waals surface area (Å²) in [5, 5.41) is 20.1. The molecule has 7 heteroatoms. The molecule has 6 nitrogen and oxygen atoms in total. The Morgan fingerprint density at radius 2 is 1.76 bits per heavy atom. The highest BCUT2D eigenvalue weighted by Gasteiger charge is 2.27. The van der Waals surface area contributed by atoms with Crippen molar-refractivity contribution in [3.8, 4) is 29.0 Å². The molecule has 0 unspecified atom stereocenters. The first-order chi connectivity index (χ1) is 17.9. The molecule has 0 bridgehead atoms. The number of ether oxygens (including phenoxy) is 1. The standard InChI is InChI=1S/C30H22ClN5O/c1-34-26(19-33)30(22-9-13-25(31)14-10-22)24(18-32)12-16-29-36(20-35(2)3)27-17-23(11-15-28(27)37-29)21-7-5-4-6-8-21/h4-17H,20H2,2-3H3/b24-12+,29-16-,30-26-. The first kappa shape index (κ1) is 25.3. The highest BCUT2D eigenvalue weighted by Crippen LogP contribution is 2.41. The van der Waals surface area contributed by atoms with E-state index in [-0.39, 0.29) is 16.8 Å². The van der Waals surface area contributed by atoms with Gasteiger partial charge in [0.2, 0.25) is 5.88 Å². The Labute approximate surface area is 221 Å². The molecule has 1 aliphatic rings. The van der Waals surface area contributed by atoms with Crippen molar-refractivity contribution in [1.29, 1.82) is 10.5 Å². The number of hydrogen-bond acceptors (Lipinski definition) is 5. The van der Waals surface area contributed by atoms with E-state index in [4.69, 9.17) is 22.9 Å². The summed E-state index contributed by atoms with van der Waals surface area (Å²) in [6.45, 7) is 8.01. The third-order valence-corrected chi connectivity index (χ3v) is 5.88. The molecule has 0 spiro atoms. The molecule has 3 aromatic rings. The van der Waals surface area contributed by atoms with Gasteiger partial charge in [-0.2, -0.15) is 5.26 Å². The van der Waals surface area contributed by atoms with Crippen LogP contribution in [0, 0.1) is 29.2 Å². The number of nitrogens with zero attached hydrogens (tertiary/aromatic N) is 5. The van der Waals surface area contributed by atoms with Crippen LogP contribution in [0.3, 0.4) is 0 Å². The quantitative estimate of drug-likeness (QED) is 0.208. The van der Waals surface area contributed by atoms with Gasteiger partial charge in [-0.3, -0.25) is 9.80 Å². The lowest BCUT2D eigenvalue weighted by Crippen LogP contribution is -2.31. The Morgan fingerprint density at radius 3 is 2.38 bits per heavy atom. The maximum Gasteiger partial charge on any atom is 0.270 e. The first-order valence-electron chi connectivity index (χ1n) is 11.3. The van der Waals surface area contributed by atoms with Crippen molar-refractivity contribution in [2.24, 2.45) is 0 Å². The molecule has 0 saturated heterocycles. The molecule has 0 saturated carbocycles. The topological polar surface area (TPSA) is 67.6 Å². The fourth-order valence-corrected chi connectivity index (χ4v) is 4.09. The second-order valence-electron chi connectivity index (χ2n) is 8.45. The number of allylic oxidation sites excluding steroid dienone is 5. The van der Waals surface area contributed by atoms with Gasteiger partial charge in [0.1, 0.15) is 0 Å². The fraction of sp³-hybridized carbons (Fsp3) is 0.100. The van der Waals surface area contributed by atoms with Crippen LogP contribution in [-0.2, 0) is 0 Å². The SMILES string of the molecule is [C-]#[N+]\C(C#N)=C(/C(C#N)=C/C=C1\Oc2ccc(-c3ccccc3)cc2N1CN(C)C)c1ccc(Cl)cc1. The van der Waals surface area contributed by atoms with E-state index < -0.39 is 0 Å². The van der Waals surface area contributed by atoms with Gasteiger partial charge in [0.15, 0.2) is 5.75 Å². The van der Waals surface area contributed by atoms with E-state index in [0.29, 0.717) is 28.9 Å². The molecular weight excluding hydrogens is 482 g/mol.